The molecule has 1 saturated heterocycles. The van der Waals surface area contributed by atoms with Gasteiger partial charge in [-0.05, 0) is 45.0 Å². The molecule has 8 heteroatoms. The predicted octanol–water partition coefficient (Wildman–Crippen LogP) is 4.32. The van der Waals surface area contributed by atoms with Crippen molar-refractivity contribution in [2.75, 3.05) is 18.4 Å². The van der Waals surface area contributed by atoms with Crippen LogP contribution in [0.15, 0.2) is 54.6 Å². The summed E-state index contributed by atoms with van der Waals surface area (Å²) in [7, 11) is 0. The van der Waals surface area contributed by atoms with E-state index in [4.69, 9.17) is 14.2 Å². The molecule has 0 aliphatic carbocycles. The Morgan fingerprint density at radius 3 is 2.30 bits per heavy atom. The Morgan fingerprint density at radius 1 is 1.03 bits per heavy atom. The van der Waals surface area contributed by atoms with Crippen LogP contribution in [0, 0.1) is 0 Å². The lowest BCUT2D eigenvalue weighted by Crippen LogP contribution is -2.36. The Balaban J connectivity index is 1.56. The molecule has 1 aliphatic heterocycles. The van der Waals surface area contributed by atoms with Crippen LogP contribution < -0.4 is 10.1 Å². The largest absolute Gasteiger partial charge is 0.489 e. The van der Waals surface area contributed by atoms with Crippen molar-refractivity contribution in [3.63, 3.8) is 0 Å². The van der Waals surface area contributed by atoms with Crippen LogP contribution in [-0.2, 0) is 19.1 Å². The van der Waals surface area contributed by atoms with Crippen molar-refractivity contribution in [2.24, 2.45) is 0 Å². The van der Waals surface area contributed by atoms with Gasteiger partial charge >= 0.3 is 12.1 Å². The summed E-state index contributed by atoms with van der Waals surface area (Å²) >= 11 is 0. The van der Waals surface area contributed by atoms with Gasteiger partial charge in [-0.25, -0.2) is 4.79 Å². The molecule has 2 aromatic carbocycles. The van der Waals surface area contributed by atoms with Crippen molar-refractivity contribution >= 4 is 23.7 Å². The van der Waals surface area contributed by atoms with Crippen LogP contribution in [0.2, 0.25) is 0 Å². The molecule has 0 spiro atoms. The molecular weight excluding hydrogens is 424 g/mol. The minimum Gasteiger partial charge on any atom is -0.489 e. The topological polar surface area (TPSA) is 94.2 Å². The highest BCUT2D eigenvalue weighted by Gasteiger charge is 2.31. The van der Waals surface area contributed by atoms with E-state index in [9.17, 15) is 14.4 Å². The number of benzene rings is 2. The second-order valence-corrected chi connectivity index (χ2v) is 8.87. The van der Waals surface area contributed by atoms with Crippen LogP contribution in [0.1, 0.15) is 45.8 Å². The van der Waals surface area contributed by atoms with Crippen molar-refractivity contribution < 1.29 is 28.6 Å². The molecule has 0 saturated carbocycles. The molecule has 2 amide bonds. The summed E-state index contributed by atoms with van der Waals surface area (Å²) in [6, 6.07) is 15.7. The number of nitrogens with one attached hydrogen (secondary N) is 1. The second-order valence-electron chi connectivity index (χ2n) is 8.87. The number of likely N-dealkylation sites (tertiary alicyclic amines) is 1. The second kappa shape index (κ2) is 10.4. The molecule has 0 aromatic heterocycles. The minimum absolute atomic E-state index is 0.135. The van der Waals surface area contributed by atoms with Crippen LogP contribution >= 0.6 is 0 Å². The van der Waals surface area contributed by atoms with Gasteiger partial charge in [0, 0.05) is 31.1 Å². The normalized spacial score (nSPS) is 16.6. The number of nitrogens with zero attached hydrogens (tertiary/aromatic N) is 1. The van der Waals surface area contributed by atoms with Crippen LogP contribution in [0.25, 0.3) is 0 Å². The molecule has 0 bridgehead atoms. The number of carbonyl (C=O) groups is 3. The van der Waals surface area contributed by atoms with E-state index in [1.54, 1.807) is 53.4 Å². The third-order valence-corrected chi connectivity index (χ3v) is 4.85. The number of rotatable bonds is 6. The summed E-state index contributed by atoms with van der Waals surface area (Å²) in [6.45, 7) is 7.80. The first-order valence-corrected chi connectivity index (χ1v) is 10.9. The molecule has 2 atom stereocenters. The van der Waals surface area contributed by atoms with E-state index in [2.05, 4.69) is 5.32 Å². The maximum absolute atomic E-state index is 12.7. The third-order valence-electron chi connectivity index (χ3n) is 4.85. The number of esters is 1. The highest BCUT2D eigenvalue weighted by atomic mass is 16.6. The zero-order valence-electron chi connectivity index (χ0n) is 19.4. The van der Waals surface area contributed by atoms with E-state index in [1.807, 2.05) is 26.8 Å². The lowest BCUT2D eigenvalue weighted by atomic mass is 10.1. The monoisotopic (exact) mass is 454 g/mol. The van der Waals surface area contributed by atoms with Gasteiger partial charge in [0.25, 0.3) is 5.91 Å². The van der Waals surface area contributed by atoms with Gasteiger partial charge in [0.05, 0.1) is 6.54 Å². The first-order chi connectivity index (χ1) is 15.6. The Bertz CT molecular complexity index is 969. The van der Waals surface area contributed by atoms with Gasteiger partial charge < -0.3 is 24.4 Å². The van der Waals surface area contributed by atoms with Gasteiger partial charge in [0.1, 0.15) is 17.5 Å². The molecule has 1 N–H and O–H groups in total. The molecule has 0 radical (unpaired) electrons. The first-order valence-electron chi connectivity index (χ1n) is 10.9. The molecule has 2 unspecified atom stereocenters. The van der Waals surface area contributed by atoms with Crippen molar-refractivity contribution in [1.29, 1.82) is 0 Å². The molecule has 3 rings (SSSR count). The zero-order chi connectivity index (χ0) is 24.0. The van der Waals surface area contributed by atoms with Gasteiger partial charge in [-0.2, -0.15) is 0 Å². The molecule has 8 nitrogen and oxygen atoms in total. The van der Waals surface area contributed by atoms with Crippen LogP contribution in [0.3, 0.4) is 0 Å². The summed E-state index contributed by atoms with van der Waals surface area (Å²) in [5, 5.41) is 2.77. The maximum Gasteiger partial charge on any atom is 0.410 e. The quantitative estimate of drug-likeness (QED) is 0.654. The molecule has 1 aliphatic rings. The Hall–Kier alpha value is -3.55. The van der Waals surface area contributed by atoms with Gasteiger partial charge in [0.15, 0.2) is 0 Å². The number of amides is 2. The van der Waals surface area contributed by atoms with Crippen LogP contribution in [0.5, 0.6) is 5.75 Å². The SMILES string of the molecule is CC(=O)OC(C(=O)Nc1ccc(OC2CCN(C(=O)OC(C)(C)C)C2)cc1)c1ccccc1. The van der Waals surface area contributed by atoms with Crippen molar-refractivity contribution in [1.82, 2.24) is 4.90 Å². The molecule has 1 fully saturated rings. The van der Waals surface area contributed by atoms with Gasteiger partial charge in [-0.15, -0.1) is 0 Å². The van der Waals surface area contributed by atoms with Crippen LogP contribution in [0.4, 0.5) is 10.5 Å². The Kier molecular flexibility index (Phi) is 7.58. The third kappa shape index (κ3) is 7.24. The average molecular weight is 455 g/mol. The van der Waals surface area contributed by atoms with Crippen LogP contribution in [-0.4, -0.2) is 47.7 Å². The zero-order valence-corrected chi connectivity index (χ0v) is 19.4. The van der Waals surface area contributed by atoms with E-state index in [0.29, 0.717) is 36.5 Å². The number of anilines is 1. The van der Waals surface area contributed by atoms with E-state index in [-0.39, 0.29) is 12.2 Å². The van der Waals surface area contributed by atoms with Crippen molar-refractivity contribution in [3.8, 4) is 5.75 Å². The fraction of sp³-hybridized carbons (Fsp3) is 0.400. The maximum atomic E-state index is 12.7. The smallest absolute Gasteiger partial charge is 0.410 e. The standard InChI is InChI=1S/C25H30N2O6/c1-17(28)31-22(18-8-6-5-7-9-18)23(29)26-19-10-12-20(13-11-19)32-21-14-15-27(16-21)24(30)33-25(2,3)4/h5-13,21-22H,14-16H2,1-4H3,(H,26,29). The molecular formula is C25H30N2O6. The number of carbonyl (C=O) groups excluding carboxylic acids is 3. The molecule has 2 aromatic rings. The summed E-state index contributed by atoms with van der Waals surface area (Å²) in [4.78, 5) is 38.1. The molecule has 1 heterocycles. The van der Waals surface area contributed by atoms with Gasteiger partial charge in [0.2, 0.25) is 6.10 Å². The lowest BCUT2D eigenvalue weighted by molar-refractivity contribution is -0.152. The van der Waals surface area contributed by atoms with Crippen molar-refractivity contribution in [3.05, 3.63) is 60.2 Å². The highest BCUT2D eigenvalue weighted by Crippen LogP contribution is 2.24. The molecule has 176 valence electrons. The number of ether oxygens (including phenoxy) is 3. The number of hydrogen-bond donors (Lipinski definition) is 1. The van der Waals surface area contributed by atoms with Gasteiger partial charge in [-0.3, -0.25) is 9.59 Å². The summed E-state index contributed by atoms with van der Waals surface area (Å²) < 4.78 is 16.6. The van der Waals surface area contributed by atoms with Gasteiger partial charge in [-0.1, -0.05) is 30.3 Å². The Morgan fingerprint density at radius 2 is 1.70 bits per heavy atom. The van der Waals surface area contributed by atoms with E-state index >= 15 is 0 Å². The average Bonchev–Trinajstić information content (AvgIpc) is 3.21. The van der Waals surface area contributed by atoms with E-state index in [0.717, 1.165) is 0 Å². The van der Waals surface area contributed by atoms with E-state index in [1.165, 1.54) is 6.92 Å². The first kappa shape index (κ1) is 24.1. The van der Waals surface area contributed by atoms with Crippen molar-refractivity contribution in [2.45, 2.75) is 51.9 Å². The fourth-order valence-electron chi connectivity index (χ4n) is 3.40. The predicted molar refractivity (Wildman–Crippen MR) is 123 cm³/mol. The summed E-state index contributed by atoms with van der Waals surface area (Å²) in [5.41, 5.74) is 0.591. The summed E-state index contributed by atoms with van der Waals surface area (Å²) in [5.74, 6) is -0.364. The lowest BCUT2D eigenvalue weighted by Gasteiger charge is -2.24. The minimum atomic E-state index is -1.04. The Labute approximate surface area is 193 Å². The molecule has 33 heavy (non-hydrogen) atoms. The fourth-order valence-corrected chi connectivity index (χ4v) is 3.40. The highest BCUT2D eigenvalue weighted by molar-refractivity contribution is 5.96. The van der Waals surface area contributed by atoms with E-state index < -0.39 is 23.6 Å². The number of hydrogen-bond acceptors (Lipinski definition) is 6. The summed E-state index contributed by atoms with van der Waals surface area (Å²) in [6.07, 6.45) is -0.812.